The largest absolute Gasteiger partial charge is 0.356 e. The van der Waals surface area contributed by atoms with Gasteiger partial charge in [0.15, 0.2) is 5.76 Å². The number of benzene rings is 4. The first-order chi connectivity index (χ1) is 22.9. The van der Waals surface area contributed by atoms with E-state index in [1.807, 2.05) is 60.7 Å². The lowest BCUT2D eigenvalue weighted by Crippen LogP contribution is -2.26. The van der Waals surface area contributed by atoms with Gasteiger partial charge < -0.3 is 14.7 Å². The van der Waals surface area contributed by atoms with Crippen LogP contribution >= 0.6 is 0 Å². The van der Waals surface area contributed by atoms with Crippen LogP contribution in [0.1, 0.15) is 69.8 Å². The third-order valence-electron chi connectivity index (χ3n) is 8.32. The summed E-state index contributed by atoms with van der Waals surface area (Å²) in [5.41, 5.74) is 8.12. The molecule has 0 radical (unpaired) electrons. The van der Waals surface area contributed by atoms with Crippen LogP contribution in [0, 0.1) is 0 Å². The second-order valence-corrected chi connectivity index (χ2v) is 14.2. The Balaban J connectivity index is 1.41. The molecule has 0 bridgehead atoms. The van der Waals surface area contributed by atoms with Gasteiger partial charge in [-0.15, -0.1) is 0 Å². The predicted molar refractivity (Wildman–Crippen MR) is 190 cm³/mol. The maximum absolute atomic E-state index is 12.5. The van der Waals surface area contributed by atoms with Crippen molar-refractivity contribution in [3.63, 3.8) is 0 Å². The topological polar surface area (TPSA) is 110 Å². The summed E-state index contributed by atoms with van der Waals surface area (Å²) in [6, 6.07) is 33.6. The van der Waals surface area contributed by atoms with Crippen LogP contribution in [0.2, 0.25) is 0 Å². The summed E-state index contributed by atoms with van der Waals surface area (Å²) >= 11 is 0. The van der Waals surface area contributed by atoms with Crippen molar-refractivity contribution in [3.8, 4) is 22.5 Å². The highest BCUT2D eigenvalue weighted by Gasteiger charge is 2.22. The average Bonchev–Trinajstić information content (AvgIpc) is 3.57. The van der Waals surface area contributed by atoms with Gasteiger partial charge in [-0.3, -0.25) is 9.59 Å². The predicted octanol–water partition coefficient (Wildman–Crippen LogP) is 6.72. The number of carbonyl (C=O) groups is 2. The van der Waals surface area contributed by atoms with Crippen LogP contribution in [-0.4, -0.2) is 56.7 Å². The highest BCUT2D eigenvalue weighted by Crippen LogP contribution is 2.34. The number of amides is 2. The van der Waals surface area contributed by atoms with E-state index >= 15 is 0 Å². The number of nitrogens with one attached hydrogen (secondary N) is 1. The first kappa shape index (κ1) is 34.3. The number of thiol groups is 1. The Morgan fingerprint density at radius 2 is 1.46 bits per heavy atom. The van der Waals surface area contributed by atoms with Crippen LogP contribution < -0.4 is 5.32 Å². The maximum Gasteiger partial charge on any atom is 0.253 e. The van der Waals surface area contributed by atoms with Gasteiger partial charge in [0.05, 0.1) is 11.4 Å². The summed E-state index contributed by atoms with van der Waals surface area (Å²) in [5.74, 6) is 0.0873. The molecule has 0 aliphatic carbocycles. The summed E-state index contributed by atoms with van der Waals surface area (Å²) in [6.45, 7) is 6.64. The molecule has 8 nitrogen and oxygen atoms in total. The van der Waals surface area contributed by atoms with Crippen molar-refractivity contribution in [2.75, 3.05) is 26.4 Å². The number of carbonyl (C=O) groups excluding carboxylic acids is 2. The van der Waals surface area contributed by atoms with E-state index in [0.29, 0.717) is 23.3 Å². The van der Waals surface area contributed by atoms with Crippen LogP contribution in [0.25, 0.3) is 22.5 Å². The molecule has 0 spiro atoms. The third-order valence-corrected chi connectivity index (χ3v) is 8.91. The molecule has 1 atom stereocenters. The second kappa shape index (κ2) is 14.8. The zero-order valence-electron chi connectivity index (χ0n) is 27.9. The first-order valence-corrected chi connectivity index (χ1v) is 17.2. The molecule has 5 aromatic rings. The Morgan fingerprint density at radius 1 is 0.812 bits per heavy atom. The van der Waals surface area contributed by atoms with E-state index in [2.05, 4.69) is 61.6 Å². The quantitative estimate of drug-likeness (QED) is 0.152. The van der Waals surface area contributed by atoms with E-state index in [1.54, 1.807) is 31.1 Å². The lowest BCUT2D eigenvalue weighted by atomic mass is 9.83. The van der Waals surface area contributed by atoms with Crippen molar-refractivity contribution in [1.29, 1.82) is 0 Å². The van der Waals surface area contributed by atoms with E-state index in [9.17, 15) is 18.0 Å². The summed E-state index contributed by atoms with van der Waals surface area (Å²) in [7, 11) is 0.936. The number of hydrogen-bond acceptors (Lipinski definition) is 6. The smallest absolute Gasteiger partial charge is 0.253 e. The molecule has 0 saturated carbocycles. The fourth-order valence-corrected chi connectivity index (χ4v) is 5.80. The molecular formula is C39H41N3O5S. The molecule has 9 heteroatoms. The molecule has 248 valence electrons. The van der Waals surface area contributed by atoms with Crippen molar-refractivity contribution in [2.24, 2.45) is 0 Å². The monoisotopic (exact) mass is 663 g/mol. The fourth-order valence-electron chi connectivity index (χ4n) is 5.50. The molecule has 1 unspecified atom stereocenters. The van der Waals surface area contributed by atoms with E-state index < -0.39 is 10.7 Å². The minimum Gasteiger partial charge on any atom is -0.356 e. The lowest BCUT2D eigenvalue weighted by molar-refractivity contribution is 0.0827. The molecule has 0 fully saturated rings. The van der Waals surface area contributed by atoms with Gasteiger partial charge in [-0.05, 0) is 70.0 Å². The van der Waals surface area contributed by atoms with Gasteiger partial charge in [0.1, 0.15) is 10.7 Å². The van der Waals surface area contributed by atoms with Crippen LogP contribution in [0.3, 0.4) is 0 Å². The highest BCUT2D eigenvalue weighted by atomic mass is 32.2. The van der Waals surface area contributed by atoms with Crippen molar-refractivity contribution in [1.82, 2.24) is 15.4 Å². The molecule has 1 N–H and O–H groups in total. The molecular weight excluding hydrogens is 623 g/mol. The van der Waals surface area contributed by atoms with Crippen LogP contribution in [0.4, 0.5) is 0 Å². The van der Waals surface area contributed by atoms with Gasteiger partial charge in [0.2, 0.25) is 0 Å². The Hall–Kier alpha value is -5.02. The fraction of sp³-hybridized carbons (Fsp3) is 0.256. The van der Waals surface area contributed by atoms with Gasteiger partial charge >= 0.3 is 0 Å². The summed E-state index contributed by atoms with van der Waals surface area (Å²) < 4.78 is 27.6. The maximum atomic E-state index is 12.5. The normalized spacial score (nSPS) is 12.1. The molecule has 5 rings (SSSR count). The first-order valence-electron chi connectivity index (χ1n) is 15.9. The number of rotatable bonds is 11. The molecule has 4 aromatic carbocycles. The summed E-state index contributed by atoms with van der Waals surface area (Å²) in [4.78, 5) is 26.4. The van der Waals surface area contributed by atoms with Gasteiger partial charge in [-0.1, -0.05) is 92.7 Å². The Morgan fingerprint density at radius 3 is 2.08 bits per heavy atom. The standard InChI is InChI=1S/C39H41N3O5S/c1-39(2,3)33-19-17-28(18-20-33)34(23-26-9-11-29(12-10-26)37(43)40-21-22-48(45)46)35-25-36(47-41-35)32-8-6-7-31(24-32)27-13-15-30(16-14-27)38(44)42(4)5/h6-20,24-25,34,48H,21-23H2,1-5H3,(H,40,43). The van der Waals surface area contributed by atoms with Crippen molar-refractivity contribution < 1.29 is 22.5 Å². The average molecular weight is 664 g/mol. The van der Waals surface area contributed by atoms with Gasteiger partial charge in [0.25, 0.3) is 11.8 Å². The molecule has 0 aliphatic heterocycles. The second-order valence-electron chi connectivity index (χ2n) is 13.1. The van der Waals surface area contributed by atoms with Gasteiger partial charge in [0, 0.05) is 49.3 Å². The van der Waals surface area contributed by atoms with Crippen LogP contribution in [0.5, 0.6) is 0 Å². The number of nitrogens with zero attached hydrogens (tertiary/aromatic N) is 2. The SMILES string of the molecule is CN(C)C(=O)c1ccc(-c2cccc(-c3cc(C(Cc4ccc(C(=O)NCC[SH](=O)=O)cc4)c4ccc(C(C)(C)C)cc4)no3)c2)cc1. The van der Waals surface area contributed by atoms with Crippen molar-refractivity contribution >= 4 is 22.5 Å². The van der Waals surface area contributed by atoms with E-state index in [0.717, 1.165) is 33.5 Å². The summed E-state index contributed by atoms with van der Waals surface area (Å²) in [6.07, 6.45) is 0.622. The molecule has 2 amide bonds. The number of aromatic nitrogens is 1. The van der Waals surface area contributed by atoms with Gasteiger partial charge in [-0.25, -0.2) is 8.42 Å². The minimum atomic E-state index is -2.54. The van der Waals surface area contributed by atoms with Crippen molar-refractivity contribution in [3.05, 3.63) is 137 Å². The minimum absolute atomic E-state index is 0.0159. The molecule has 0 aliphatic rings. The zero-order valence-corrected chi connectivity index (χ0v) is 28.8. The van der Waals surface area contributed by atoms with Crippen LogP contribution in [0.15, 0.2) is 108 Å². The zero-order chi connectivity index (χ0) is 34.4. The van der Waals surface area contributed by atoms with E-state index in [1.165, 1.54) is 5.56 Å². The Kier molecular flexibility index (Phi) is 10.6. The lowest BCUT2D eigenvalue weighted by Gasteiger charge is -2.21. The van der Waals surface area contributed by atoms with Crippen LogP contribution in [-0.2, 0) is 22.5 Å². The highest BCUT2D eigenvalue weighted by molar-refractivity contribution is 7.72. The van der Waals surface area contributed by atoms with E-state index in [-0.39, 0.29) is 35.4 Å². The number of hydrogen-bond donors (Lipinski definition) is 2. The third kappa shape index (κ3) is 8.46. The Labute approximate surface area is 283 Å². The molecule has 1 aromatic heterocycles. The molecule has 48 heavy (non-hydrogen) atoms. The van der Waals surface area contributed by atoms with Gasteiger partial charge in [-0.2, -0.15) is 0 Å². The Bertz CT molecular complexity index is 1940. The van der Waals surface area contributed by atoms with Crippen molar-refractivity contribution in [2.45, 2.75) is 38.5 Å². The van der Waals surface area contributed by atoms with E-state index in [4.69, 9.17) is 4.52 Å². The summed E-state index contributed by atoms with van der Waals surface area (Å²) in [5, 5.41) is 7.19. The molecule has 1 heterocycles. The molecule has 0 saturated heterocycles.